The molecule has 0 radical (unpaired) electrons. The molecule has 0 aliphatic rings. The number of benzene rings is 7. The molecule has 0 aliphatic carbocycles. The van der Waals surface area contributed by atoms with Crippen molar-refractivity contribution in [2.75, 3.05) is 0 Å². The van der Waals surface area contributed by atoms with E-state index in [1.54, 1.807) is 0 Å². The first-order valence-corrected chi connectivity index (χ1v) is 16.4. The summed E-state index contributed by atoms with van der Waals surface area (Å²) in [5.74, 6) is 0.938. The number of hydrogen-bond donors (Lipinski definition) is 0. The van der Waals surface area contributed by atoms with Crippen LogP contribution in [0.25, 0.3) is 88.5 Å². The normalized spacial score (nSPS) is 11.8. The average Bonchev–Trinajstić information content (AvgIpc) is 3.73. The molecule has 0 amide bonds. The van der Waals surface area contributed by atoms with Gasteiger partial charge in [-0.05, 0) is 40.8 Å². The van der Waals surface area contributed by atoms with Gasteiger partial charge in [0.05, 0.1) is 27.8 Å². The highest BCUT2D eigenvalue weighted by Crippen LogP contribution is 2.44. The van der Waals surface area contributed by atoms with Crippen LogP contribution in [0, 0.1) is 0 Å². The maximum atomic E-state index is 5.54. The largest absolute Gasteiger partial charge is 0.309 e. The summed E-state index contributed by atoms with van der Waals surface area (Å²) in [5.41, 5.74) is 11.4. The summed E-state index contributed by atoms with van der Waals surface area (Å²) in [6.07, 6.45) is 0. The van der Waals surface area contributed by atoms with Crippen molar-refractivity contribution in [2.24, 2.45) is 0 Å². The molecular formula is C45H29N3. The minimum absolute atomic E-state index is 0.938. The van der Waals surface area contributed by atoms with E-state index in [-0.39, 0.29) is 0 Å². The van der Waals surface area contributed by atoms with E-state index in [9.17, 15) is 0 Å². The second-order valence-corrected chi connectivity index (χ2v) is 12.4. The van der Waals surface area contributed by atoms with Crippen LogP contribution in [-0.2, 0) is 0 Å². The summed E-state index contributed by atoms with van der Waals surface area (Å²) in [6, 6.07) is 62.9. The van der Waals surface area contributed by atoms with Crippen molar-refractivity contribution in [3.63, 3.8) is 0 Å². The van der Waals surface area contributed by atoms with Crippen LogP contribution < -0.4 is 0 Å². The molecule has 0 aliphatic heterocycles. The molecule has 0 unspecified atom stereocenters. The molecule has 0 saturated heterocycles. The van der Waals surface area contributed by atoms with Crippen molar-refractivity contribution in [1.29, 1.82) is 0 Å². The monoisotopic (exact) mass is 611 g/mol. The van der Waals surface area contributed by atoms with Gasteiger partial charge in [0.15, 0.2) is 0 Å². The minimum atomic E-state index is 0.938. The molecule has 0 saturated carbocycles. The summed E-state index contributed by atoms with van der Waals surface area (Å²) in [7, 11) is 0. The third-order valence-corrected chi connectivity index (χ3v) is 9.70. The van der Waals surface area contributed by atoms with Crippen LogP contribution in [0.2, 0.25) is 0 Å². The van der Waals surface area contributed by atoms with Gasteiger partial charge in [-0.3, -0.25) is 4.40 Å². The van der Waals surface area contributed by atoms with E-state index in [1.807, 2.05) is 0 Å². The smallest absolute Gasteiger partial charge is 0.145 e. The van der Waals surface area contributed by atoms with Gasteiger partial charge in [-0.1, -0.05) is 152 Å². The third-order valence-electron chi connectivity index (χ3n) is 9.70. The van der Waals surface area contributed by atoms with E-state index in [0.29, 0.717) is 0 Å². The van der Waals surface area contributed by atoms with E-state index in [0.717, 1.165) is 33.8 Å². The Morgan fingerprint density at radius 2 is 0.896 bits per heavy atom. The van der Waals surface area contributed by atoms with Gasteiger partial charge in [0.2, 0.25) is 0 Å². The molecule has 0 atom stereocenters. The van der Waals surface area contributed by atoms with E-state index in [4.69, 9.17) is 4.98 Å². The predicted octanol–water partition coefficient (Wildman–Crippen LogP) is 11.7. The van der Waals surface area contributed by atoms with Gasteiger partial charge >= 0.3 is 0 Å². The first kappa shape index (κ1) is 26.7. The fraction of sp³-hybridized carbons (Fsp3) is 0. The number of pyridine rings is 1. The zero-order valence-corrected chi connectivity index (χ0v) is 26.1. The molecule has 3 nitrogen and oxygen atoms in total. The number of aromatic nitrogens is 3. The molecule has 0 bridgehead atoms. The van der Waals surface area contributed by atoms with Gasteiger partial charge in [-0.2, -0.15) is 0 Å². The van der Waals surface area contributed by atoms with Crippen LogP contribution in [0.15, 0.2) is 176 Å². The summed E-state index contributed by atoms with van der Waals surface area (Å²) >= 11 is 0. The lowest BCUT2D eigenvalue weighted by Gasteiger charge is -2.14. The number of fused-ring (bicyclic) bond motifs is 10. The third kappa shape index (κ3) is 3.91. The van der Waals surface area contributed by atoms with Crippen LogP contribution in [-0.4, -0.2) is 14.0 Å². The van der Waals surface area contributed by atoms with Crippen molar-refractivity contribution in [2.45, 2.75) is 0 Å². The molecule has 3 aromatic heterocycles. The first-order chi connectivity index (χ1) is 23.8. The van der Waals surface area contributed by atoms with Crippen molar-refractivity contribution >= 4 is 49.0 Å². The Balaban J connectivity index is 1.40. The fourth-order valence-electron chi connectivity index (χ4n) is 7.59. The van der Waals surface area contributed by atoms with Crippen molar-refractivity contribution in [1.82, 2.24) is 14.0 Å². The van der Waals surface area contributed by atoms with Crippen LogP contribution in [0.1, 0.15) is 0 Å². The lowest BCUT2D eigenvalue weighted by Crippen LogP contribution is -1.96. The van der Waals surface area contributed by atoms with E-state index >= 15 is 0 Å². The highest BCUT2D eigenvalue weighted by atomic mass is 15.0. The zero-order valence-electron chi connectivity index (χ0n) is 26.1. The lowest BCUT2D eigenvalue weighted by molar-refractivity contribution is 1.18. The Kier molecular flexibility index (Phi) is 5.87. The number of para-hydroxylation sites is 2. The van der Waals surface area contributed by atoms with Gasteiger partial charge < -0.3 is 4.57 Å². The summed E-state index contributed by atoms with van der Waals surface area (Å²) in [4.78, 5) is 5.54. The van der Waals surface area contributed by atoms with E-state index < -0.39 is 0 Å². The van der Waals surface area contributed by atoms with Gasteiger partial charge in [0, 0.05) is 38.4 Å². The number of hydrogen-bond acceptors (Lipinski definition) is 1. The maximum Gasteiger partial charge on any atom is 0.145 e. The van der Waals surface area contributed by atoms with Crippen molar-refractivity contribution in [3.05, 3.63) is 176 Å². The second kappa shape index (κ2) is 10.5. The van der Waals surface area contributed by atoms with Gasteiger partial charge in [-0.15, -0.1) is 0 Å². The van der Waals surface area contributed by atoms with Crippen LogP contribution in [0.4, 0.5) is 0 Å². The molecule has 3 heterocycles. The standard InChI is InChI=1S/C45H29N3/c1-4-14-30(15-5-1)31-24-26-32(27-25-31)42-44-36-21-11-10-20-35(36)37-28-29-40-41(43(37)48(44)45(46-42)33-16-6-2-7-17-33)38-22-12-13-23-39(38)47(40)34-18-8-3-9-19-34/h1-29H. The quantitative estimate of drug-likeness (QED) is 0.182. The number of rotatable bonds is 4. The highest BCUT2D eigenvalue weighted by molar-refractivity contribution is 6.27. The van der Waals surface area contributed by atoms with E-state index in [2.05, 4.69) is 185 Å². The fourth-order valence-corrected chi connectivity index (χ4v) is 7.59. The molecule has 7 aromatic carbocycles. The zero-order chi connectivity index (χ0) is 31.6. The predicted molar refractivity (Wildman–Crippen MR) is 201 cm³/mol. The Labute approximate surface area is 277 Å². The average molecular weight is 612 g/mol. The molecule has 3 heteroatoms. The first-order valence-electron chi connectivity index (χ1n) is 16.4. The molecule has 10 rings (SSSR count). The Morgan fingerprint density at radius 1 is 0.354 bits per heavy atom. The Morgan fingerprint density at radius 3 is 1.62 bits per heavy atom. The Bertz CT molecular complexity index is 2790. The Hall–Kier alpha value is -6.45. The SMILES string of the molecule is c1ccc(-c2ccc(-c3nc(-c4ccccc4)n4c3c3ccccc3c3ccc5c(c6ccccc6n5-c5ccccc5)c34)cc2)cc1. The van der Waals surface area contributed by atoms with E-state index in [1.165, 1.54) is 54.6 Å². The molecule has 48 heavy (non-hydrogen) atoms. The summed E-state index contributed by atoms with van der Waals surface area (Å²) in [6.45, 7) is 0. The van der Waals surface area contributed by atoms with Crippen molar-refractivity contribution < 1.29 is 0 Å². The van der Waals surface area contributed by atoms with Crippen LogP contribution in [0.3, 0.4) is 0 Å². The number of nitrogens with zero attached hydrogens (tertiary/aromatic N) is 3. The van der Waals surface area contributed by atoms with Gasteiger partial charge in [0.1, 0.15) is 5.82 Å². The molecule has 10 aromatic rings. The summed E-state index contributed by atoms with van der Waals surface area (Å²) < 4.78 is 4.84. The maximum absolute atomic E-state index is 5.54. The van der Waals surface area contributed by atoms with Crippen LogP contribution in [0.5, 0.6) is 0 Å². The van der Waals surface area contributed by atoms with Crippen LogP contribution >= 0.6 is 0 Å². The topological polar surface area (TPSA) is 22.2 Å². The van der Waals surface area contributed by atoms with Gasteiger partial charge in [-0.25, -0.2) is 4.98 Å². The highest BCUT2D eigenvalue weighted by Gasteiger charge is 2.24. The molecular weight excluding hydrogens is 583 g/mol. The lowest BCUT2D eigenvalue weighted by atomic mass is 9.98. The van der Waals surface area contributed by atoms with Gasteiger partial charge in [0.25, 0.3) is 0 Å². The van der Waals surface area contributed by atoms with Crippen molar-refractivity contribution in [3.8, 4) is 39.5 Å². The molecule has 0 N–H and O–H groups in total. The second-order valence-electron chi connectivity index (χ2n) is 12.4. The number of imidazole rings is 1. The minimum Gasteiger partial charge on any atom is -0.309 e. The molecule has 224 valence electrons. The summed E-state index contributed by atoms with van der Waals surface area (Å²) in [5, 5.41) is 6.07. The molecule has 0 spiro atoms. The molecule has 0 fully saturated rings.